The molecule has 1 aromatic carbocycles. The zero-order chi connectivity index (χ0) is 13.4. The second-order valence-corrected chi connectivity index (χ2v) is 6.61. The van der Waals surface area contributed by atoms with Crippen LogP contribution in [0.15, 0.2) is 22.0 Å². The maximum absolute atomic E-state index is 12.3. The number of rotatable bonds is 2. The Bertz CT molecular complexity index is 638. The lowest BCUT2D eigenvalue weighted by atomic mass is 10.1. The van der Waals surface area contributed by atoms with Gasteiger partial charge in [-0.2, -0.15) is 0 Å². The first kappa shape index (κ1) is 14.6. The number of halogens is 5. The minimum Gasteiger partial charge on any atom is -0.288 e. The summed E-state index contributed by atoms with van der Waals surface area (Å²) in [6.45, 7) is 0. The van der Waals surface area contributed by atoms with E-state index in [-0.39, 0.29) is 31.4 Å². The van der Waals surface area contributed by atoms with Gasteiger partial charge in [-0.05, 0) is 33.4 Å². The van der Waals surface area contributed by atoms with Gasteiger partial charge in [0.25, 0.3) is 0 Å². The van der Waals surface area contributed by atoms with E-state index in [4.69, 9.17) is 46.4 Å². The highest BCUT2D eigenvalue weighted by atomic mass is 79.9. The Morgan fingerprint density at radius 3 is 2.33 bits per heavy atom. The summed E-state index contributed by atoms with van der Waals surface area (Å²) in [5.41, 5.74) is 0.163. The van der Waals surface area contributed by atoms with Gasteiger partial charge in [-0.3, -0.25) is 4.79 Å². The van der Waals surface area contributed by atoms with Gasteiger partial charge in [0.1, 0.15) is 0 Å². The van der Waals surface area contributed by atoms with Gasteiger partial charge >= 0.3 is 0 Å². The first-order valence-corrected chi connectivity index (χ1v) is 7.72. The van der Waals surface area contributed by atoms with Crippen LogP contribution in [0.25, 0.3) is 0 Å². The minimum atomic E-state index is -0.287. The number of carbonyl (C=O) groups is 1. The Morgan fingerprint density at radius 2 is 1.78 bits per heavy atom. The SMILES string of the molecule is O=C(c1sccc1Br)c1c(Cl)cc(Cl)c(Cl)c1Cl. The Labute approximate surface area is 136 Å². The summed E-state index contributed by atoms with van der Waals surface area (Å²) in [4.78, 5) is 12.9. The molecule has 0 atom stereocenters. The van der Waals surface area contributed by atoms with E-state index in [2.05, 4.69) is 15.9 Å². The van der Waals surface area contributed by atoms with Gasteiger partial charge in [-0.15, -0.1) is 11.3 Å². The van der Waals surface area contributed by atoms with Crippen molar-refractivity contribution in [1.29, 1.82) is 0 Å². The van der Waals surface area contributed by atoms with Crippen molar-refractivity contribution >= 4 is 79.5 Å². The van der Waals surface area contributed by atoms with Crippen molar-refractivity contribution in [3.8, 4) is 0 Å². The van der Waals surface area contributed by atoms with E-state index in [0.717, 1.165) is 0 Å². The van der Waals surface area contributed by atoms with Crippen LogP contribution < -0.4 is 0 Å². The maximum atomic E-state index is 12.3. The first-order valence-electron chi connectivity index (χ1n) is 4.54. The molecule has 0 unspecified atom stereocenters. The number of ketones is 1. The first-order chi connectivity index (χ1) is 8.43. The van der Waals surface area contributed by atoms with Crippen LogP contribution in [-0.2, 0) is 0 Å². The van der Waals surface area contributed by atoms with Crippen LogP contribution in [0, 0.1) is 0 Å². The molecule has 7 heteroatoms. The molecule has 0 aliphatic carbocycles. The molecule has 0 aliphatic rings. The zero-order valence-corrected chi connectivity index (χ0v) is 13.9. The van der Waals surface area contributed by atoms with Crippen LogP contribution in [0.2, 0.25) is 20.1 Å². The van der Waals surface area contributed by atoms with Crippen LogP contribution in [0.4, 0.5) is 0 Å². The Balaban J connectivity index is 2.63. The predicted molar refractivity (Wildman–Crippen MR) is 81.9 cm³/mol. The quantitative estimate of drug-likeness (QED) is 0.323. The maximum Gasteiger partial charge on any atom is 0.207 e. The summed E-state index contributed by atoms with van der Waals surface area (Å²) in [6, 6.07) is 3.18. The van der Waals surface area contributed by atoms with E-state index in [1.807, 2.05) is 0 Å². The van der Waals surface area contributed by atoms with Gasteiger partial charge in [0.15, 0.2) is 0 Å². The lowest BCUT2D eigenvalue weighted by Crippen LogP contribution is -2.02. The molecule has 1 heterocycles. The highest BCUT2D eigenvalue weighted by Gasteiger charge is 2.23. The molecular weight excluding hydrogens is 402 g/mol. The van der Waals surface area contributed by atoms with E-state index in [1.54, 1.807) is 11.4 Å². The Kier molecular flexibility index (Phi) is 4.63. The highest BCUT2D eigenvalue weighted by molar-refractivity contribution is 9.10. The minimum absolute atomic E-state index is 0.0690. The van der Waals surface area contributed by atoms with Crippen LogP contribution >= 0.6 is 73.7 Å². The van der Waals surface area contributed by atoms with Crippen molar-refractivity contribution in [1.82, 2.24) is 0 Å². The fraction of sp³-hybridized carbons (Fsp3) is 0. The molecule has 0 N–H and O–H groups in total. The largest absolute Gasteiger partial charge is 0.288 e. The van der Waals surface area contributed by atoms with Crippen LogP contribution in [-0.4, -0.2) is 5.78 Å². The molecule has 1 nitrogen and oxygen atoms in total. The number of hydrogen-bond donors (Lipinski definition) is 0. The van der Waals surface area contributed by atoms with Gasteiger partial charge in [0.2, 0.25) is 5.78 Å². The average Bonchev–Trinajstić information content (AvgIpc) is 2.72. The molecule has 0 saturated heterocycles. The molecule has 18 heavy (non-hydrogen) atoms. The lowest BCUT2D eigenvalue weighted by Gasteiger charge is -2.08. The van der Waals surface area contributed by atoms with Crippen molar-refractivity contribution in [2.75, 3.05) is 0 Å². The molecule has 94 valence electrons. The molecule has 0 amide bonds. The molecule has 0 aliphatic heterocycles. The van der Waals surface area contributed by atoms with Gasteiger partial charge < -0.3 is 0 Å². The summed E-state index contributed by atoms with van der Waals surface area (Å²) in [6.07, 6.45) is 0. The van der Waals surface area contributed by atoms with E-state index >= 15 is 0 Å². The molecule has 0 spiro atoms. The average molecular weight is 405 g/mol. The molecule has 0 saturated carbocycles. The fourth-order valence-corrected chi connectivity index (χ4v) is 3.93. The number of hydrogen-bond acceptors (Lipinski definition) is 2. The van der Waals surface area contributed by atoms with E-state index in [1.165, 1.54) is 17.4 Å². The van der Waals surface area contributed by atoms with Crippen molar-refractivity contribution in [2.45, 2.75) is 0 Å². The van der Waals surface area contributed by atoms with Crippen LogP contribution in [0.5, 0.6) is 0 Å². The van der Waals surface area contributed by atoms with Crippen LogP contribution in [0.3, 0.4) is 0 Å². The molecule has 2 rings (SSSR count). The number of carbonyl (C=O) groups excluding carboxylic acids is 1. The second-order valence-electron chi connectivity index (χ2n) is 3.27. The van der Waals surface area contributed by atoms with E-state index in [0.29, 0.717) is 9.35 Å². The van der Waals surface area contributed by atoms with Gasteiger partial charge in [-0.25, -0.2) is 0 Å². The summed E-state index contributed by atoms with van der Waals surface area (Å²) in [7, 11) is 0. The summed E-state index contributed by atoms with van der Waals surface area (Å²) < 4.78 is 0.690. The Hall–Kier alpha value is 0.230. The fourth-order valence-electron chi connectivity index (χ4n) is 1.34. The normalized spacial score (nSPS) is 10.7. The van der Waals surface area contributed by atoms with Gasteiger partial charge in [0, 0.05) is 4.47 Å². The second kappa shape index (κ2) is 5.70. The Morgan fingerprint density at radius 1 is 1.11 bits per heavy atom. The zero-order valence-electron chi connectivity index (χ0n) is 8.44. The smallest absolute Gasteiger partial charge is 0.207 e. The third-order valence-corrected chi connectivity index (χ3v) is 5.56. The van der Waals surface area contributed by atoms with E-state index < -0.39 is 0 Å². The molecule has 1 aromatic heterocycles. The van der Waals surface area contributed by atoms with Gasteiger partial charge in [-0.1, -0.05) is 46.4 Å². The molecule has 0 bridgehead atoms. The van der Waals surface area contributed by atoms with E-state index in [9.17, 15) is 4.79 Å². The number of benzene rings is 1. The molecular formula is C11H3BrCl4OS. The highest BCUT2D eigenvalue weighted by Crippen LogP contribution is 2.39. The standard InChI is InChI=1S/C11H3BrCl4OS/c12-4-1-2-18-11(4)10(17)7-5(13)3-6(14)8(15)9(7)16/h1-3H. The summed E-state index contributed by atoms with van der Waals surface area (Å²) in [5.74, 6) is -0.287. The lowest BCUT2D eigenvalue weighted by molar-refractivity contribution is 0.104. The van der Waals surface area contributed by atoms with Crippen molar-refractivity contribution in [3.05, 3.63) is 52.5 Å². The third kappa shape index (κ3) is 2.58. The predicted octanol–water partition coefficient (Wildman–Crippen LogP) is 6.36. The number of thiophene rings is 1. The summed E-state index contributed by atoms with van der Waals surface area (Å²) in [5, 5.41) is 2.38. The molecule has 0 radical (unpaired) electrons. The monoisotopic (exact) mass is 402 g/mol. The van der Waals surface area contributed by atoms with Gasteiger partial charge in [0.05, 0.1) is 30.5 Å². The molecule has 0 fully saturated rings. The van der Waals surface area contributed by atoms with Crippen LogP contribution in [0.1, 0.15) is 15.2 Å². The molecule has 2 aromatic rings. The summed E-state index contributed by atoms with van der Waals surface area (Å²) >= 11 is 28.4. The topological polar surface area (TPSA) is 17.1 Å². The van der Waals surface area contributed by atoms with Crippen molar-refractivity contribution in [2.24, 2.45) is 0 Å². The van der Waals surface area contributed by atoms with Crippen molar-refractivity contribution < 1.29 is 4.79 Å². The third-order valence-electron chi connectivity index (χ3n) is 2.16. The van der Waals surface area contributed by atoms with Crippen molar-refractivity contribution in [3.63, 3.8) is 0 Å².